The molecule has 4 N–H and O–H groups in total. The van der Waals surface area contributed by atoms with Crippen LogP contribution in [0.2, 0.25) is 0 Å². The molecule has 13 heteroatoms. The quantitative estimate of drug-likeness (QED) is 0.0197. The fourth-order valence-corrected chi connectivity index (χ4v) is 8.18. The monoisotopic (exact) mass is 879 g/mol. The van der Waals surface area contributed by atoms with E-state index in [4.69, 9.17) is 18.9 Å². The van der Waals surface area contributed by atoms with E-state index in [0.29, 0.717) is 13.0 Å². The molecule has 1 fully saturated rings. The molecule has 0 aromatic rings. The third kappa shape index (κ3) is 32.5. The summed E-state index contributed by atoms with van der Waals surface area (Å²) in [5.74, 6) is -0.397. The Morgan fingerprint density at radius 1 is 0.617 bits per heavy atom. The van der Waals surface area contributed by atoms with Crippen LogP contribution in [0, 0.1) is 0 Å². The number of esters is 1. The van der Waals surface area contributed by atoms with Gasteiger partial charge in [0.15, 0.2) is 6.29 Å². The molecule has 12 nitrogen and oxygen atoms in total. The second-order valence-electron chi connectivity index (χ2n) is 17.1. The van der Waals surface area contributed by atoms with Gasteiger partial charge in [-0.3, -0.25) is 9.35 Å². The van der Waals surface area contributed by atoms with Crippen LogP contribution < -0.4 is 0 Å². The van der Waals surface area contributed by atoms with E-state index >= 15 is 0 Å². The molecular weight excluding hydrogens is 789 g/mol. The summed E-state index contributed by atoms with van der Waals surface area (Å²) in [5, 5.41) is 30.7. The molecule has 6 atom stereocenters. The Balaban J connectivity index is 2.39. The van der Waals surface area contributed by atoms with Crippen molar-refractivity contribution in [3.8, 4) is 0 Å². The van der Waals surface area contributed by atoms with Gasteiger partial charge in [0.2, 0.25) is 0 Å². The molecule has 6 unspecified atom stereocenters. The van der Waals surface area contributed by atoms with E-state index < -0.39 is 59.8 Å². The minimum absolute atomic E-state index is 0.0374. The van der Waals surface area contributed by atoms with Crippen LogP contribution in [0.4, 0.5) is 0 Å². The first-order chi connectivity index (χ1) is 29.1. The number of rotatable bonds is 43. The van der Waals surface area contributed by atoms with Crippen molar-refractivity contribution in [3.63, 3.8) is 0 Å². The number of hydrogen-bond donors (Lipinski definition) is 4. The molecule has 1 rings (SSSR count). The maximum Gasteiger partial charge on any atom is 0.397 e. The third-order valence-corrected chi connectivity index (χ3v) is 11.9. The minimum Gasteiger partial charge on any atom is -0.457 e. The molecule has 0 radical (unpaired) electrons. The van der Waals surface area contributed by atoms with Crippen molar-refractivity contribution in [3.05, 3.63) is 12.2 Å². The highest BCUT2D eigenvalue weighted by Gasteiger charge is 2.48. The summed E-state index contributed by atoms with van der Waals surface area (Å²) in [6.07, 6.45) is 33.8. The lowest BCUT2D eigenvalue weighted by Gasteiger charge is -2.41. The van der Waals surface area contributed by atoms with Gasteiger partial charge in [0.25, 0.3) is 0 Å². The number of carbonyl (C=O) groups excluding carboxylic acids is 1. The molecule has 1 aliphatic heterocycles. The van der Waals surface area contributed by atoms with E-state index in [1.165, 1.54) is 148 Å². The highest BCUT2D eigenvalue weighted by Crippen LogP contribution is 2.26. The van der Waals surface area contributed by atoms with Gasteiger partial charge in [-0.2, -0.15) is 8.42 Å². The molecule has 0 spiro atoms. The second-order valence-corrected chi connectivity index (χ2v) is 18.1. The molecule has 0 bridgehead atoms. The SMILES string of the molecule is CCCCCCCC/C=C\CCCCCCCCOCC(COC1OC(CO)C(O)C(OS(=O)(=O)O)C1O)OC(=O)CCCCCCCCCCCCCCCCCCC. The minimum atomic E-state index is -5.06. The van der Waals surface area contributed by atoms with Crippen molar-refractivity contribution in [2.75, 3.05) is 26.4 Å². The van der Waals surface area contributed by atoms with Gasteiger partial charge >= 0.3 is 16.4 Å². The van der Waals surface area contributed by atoms with Crippen molar-refractivity contribution in [2.45, 2.75) is 256 Å². The van der Waals surface area contributed by atoms with Crippen molar-refractivity contribution in [1.29, 1.82) is 0 Å². The highest BCUT2D eigenvalue weighted by atomic mass is 32.3. The Kier molecular flexibility index (Phi) is 37.4. The van der Waals surface area contributed by atoms with Crippen LogP contribution in [0.3, 0.4) is 0 Å². The maximum absolute atomic E-state index is 12.9. The maximum atomic E-state index is 12.9. The summed E-state index contributed by atoms with van der Waals surface area (Å²) < 4.78 is 59.1. The van der Waals surface area contributed by atoms with Gasteiger partial charge in [0, 0.05) is 13.0 Å². The Bertz CT molecular complexity index is 1110. The Hall–Kier alpha value is -1.16. The average molecular weight is 879 g/mol. The smallest absolute Gasteiger partial charge is 0.397 e. The number of allylic oxidation sites excluding steroid dienone is 2. The number of hydrogen-bond acceptors (Lipinski definition) is 11. The number of unbranched alkanes of at least 4 members (excludes halogenated alkanes) is 28. The molecular formula is C47H90O12S. The van der Waals surface area contributed by atoms with Crippen LogP contribution >= 0.6 is 0 Å². The van der Waals surface area contributed by atoms with Gasteiger partial charge in [-0.05, 0) is 38.5 Å². The van der Waals surface area contributed by atoms with Crippen LogP contribution in [-0.4, -0.2) is 97.5 Å². The molecule has 0 saturated carbocycles. The second kappa shape index (κ2) is 39.4. The van der Waals surface area contributed by atoms with Gasteiger partial charge in [0.1, 0.15) is 30.5 Å². The molecule has 0 aliphatic carbocycles. The Morgan fingerprint density at radius 3 is 1.50 bits per heavy atom. The number of aliphatic hydroxyl groups is 3. The molecule has 0 aromatic carbocycles. The topological polar surface area (TPSA) is 178 Å². The highest BCUT2D eigenvalue weighted by molar-refractivity contribution is 7.80. The van der Waals surface area contributed by atoms with Gasteiger partial charge < -0.3 is 34.3 Å². The summed E-state index contributed by atoms with van der Waals surface area (Å²) in [7, 11) is -5.06. The normalized spacial score (nSPS) is 20.3. The first-order valence-electron chi connectivity index (χ1n) is 24.4. The van der Waals surface area contributed by atoms with Crippen molar-refractivity contribution in [2.24, 2.45) is 0 Å². The summed E-state index contributed by atoms with van der Waals surface area (Å²) in [4.78, 5) is 12.9. The van der Waals surface area contributed by atoms with Crippen LogP contribution in [0.15, 0.2) is 12.2 Å². The number of ether oxygens (including phenoxy) is 4. The predicted octanol–water partition coefficient (Wildman–Crippen LogP) is 10.6. The molecule has 60 heavy (non-hydrogen) atoms. The average Bonchev–Trinajstić information content (AvgIpc) is 3.22. The summed E-state index contributed by atoms with van der Waals surface area (Å²) in [6.45, 7) is 4.01. The third-order valence-electron chi connectivity index (χ3n) is 11.4. The fraction of sp³-hybridized carbons (Fsp3) is 0.936. The van der Waals surface area contributed by atoms with Crippen LogP contribution in [0.5, 0.6) is 0 Å². The Morgan fingerprint density at radius 2 is 1.05 bits per heavy atom. The van der Waals surface area contributed by atoms with E-state index in [0.717, 1.165) is 44.9 Å². The molecule has 0 aromatic heterocycles. The lowest BCUT2D eigenvalue weighted by Crippen LogP contribution is -2.60. The lowest BCUT2D eigenvalue weighted by molar-refractivity contribution is -0.301. The van der Waals surface area contributed by atoms with Gasteiger partial charge in [-0.25, -0.2) is 4.18 Å². The molecule has 1 saturated heterocycles. The van der Waals surface area contributed by atoms with E-state index in [2.05, 4.69) is 30.2 Å². The first kappa shape index (κ1) is 56.9. The first-order valence-corrected chi connectivity index (χ1v) is 25.8. The number of carbonyl (C=O) groups is 1. The van der Waals surface area contributed by atoms with E-state index in [9.17, 15) is 33.1 Å². The zero-order valence-corrected chi connectivity index (χ0v) is 38.9. The van der Waals surface area contributed by atoms with Gasteiger partial charge in [0.05, 0.1) is 19.8 Å². The van der Waals surface area contributed by atoms with Crippen molar-refractivity contribution < 1.29 is 56.2 Å². The number of aliphatic hydroxyl groups excluding tert-OH is 3. The van der Waals surface area contributed by atoms with Crippen LogP contribution in [-0.2, 0) is 38.3 Å². The van der Waals surface area contributed by atoms with E-state index in [1.54, 1.807) is 0 Å². The molecule has 0 amide bonds. The zero-order valence-electron chi connectivity index (χ0n) is 38.0. The van der Waals surface area contributed by atoms with Crippen LogP contribution in [0.1, 0.15) is 219 Å². The fourth-order valence-electron chi connectivity index (χ4n) is 7.67. The van der Waals surface area contributed by atoms with Crippen molar-refractivity contribution >= 4 is 16.4 Å². The largest absolute Gasteiger partial charge is 0.457 e. The van der Waals surface area contributed by atoms with Gasteiger partial charge in [-0.1, -0.05) is 187 Å². The zero-order chi connectivity index (χ0) is 43.9. The predicted molar refractivity (Wildman–Crippen MR) is 239 cm³/mol. The summed E-state index contributed by atoms with van der Waals surface area (Å²) in [5.41, 5.74) is 0. The van der Waals surface area contributed by atoms with Crippen LogP contribution in [0.25, 0.3) is 0 Å². The Labute approximate surface area is 366 Å². The lowest BCUT2D eigenvalue weighted by atomic mass is 9.99. The molecule has 1 heterocycles. The van der Waals surface area contributed by atoms with E-state index in [1.807, 2.05) is 0 Å². The standard InChI is InChI=1S/C47H90O12S/c1-3-5-7-9-11-13-15-17-19-21-22-24-26-28-30-32-34-36-43(49)57-41(40-56-47-45(51)46(59-60(52,53)54)44(50)42(38-48)58-47)39-55-37-35-33-31-29-27-25-23-20-18-16-14-12-10-8-6-4-2/h18,20,41-42,44-48,50-51H,3-17,19,21-40H2,1-2H3,(H,52,53,54)/b20-18-. The van der Waals surface area contributed by atoms with Gasteiger partial charge in [-0.15, -0.1) is 0 Å². The summed E-state index contributed by atoms with van der Waals surface area (Å²) >= 11 is 0. The summed E-state index contributed by atoms with van der Waals surface area (Å²) in [6, 6.07) is 0. The molecule has 356 valence electrons. The van der Waals surface area contributed by atoms with Crippen molar-refractivity contribution in [1.82, 2.24) is 0 Å². The molecule has 1 aliphatic rings. The van der Waals surface area contributed by atoms with E-state index in [-0.39, 0.29) is 19.6 Å².